The van der Waals surface area contributed by atoms with Crippen LogP contribution in [0.1, 0.15) is 30.9 Å². The van der Waals surface area contributed by atoms with Crippen LogP contribution in [0.2, 0.25) is 0 Å². The second-order valence-corrected chi connectivity index (χ2v) is 6.58. The van der Waals surface area contributed by atoms with Crippen LogP contribution in [0.4, 0.5) is 4.79 Å². The molecule has 0 radical (unpaired) electrons. The topological polar surface area (TPSA) is 98.0 Å². The monoisotopic (exact) mass is 345 g/mol. The lowest BCUT2D eigenvalue weighted by Crippen LogP contribution is -2.50. The number of rotatable bonds is 2. The molecule has 0 spiro atoms. The van der Waals surface area contributed by atoms with Crippen LogP contribution in [0.3, 0.4) is 0 Å². The standard InChI is InChI=1S/C18H19NO6/c1-18(2)15(20)14(11-5-4-8-19(3)16(11)21)12-9-10(24-17(22)23)6-7-13(12)25-18/h4-9,14-15,20H,1-3H3,(H,22,23). The third-order valence-electron chi connectivity index (χ3n) is 4.41. The number of ether oxygens (including phenoxy) is 2. The van der Waals surface area contributed by atoms with Crippen LogP contribution in [0, 0.1) is 0 Å². The van der Waals surface area contributed by atoms with Gasteiger partial charge in [0.2, 0.25) is 0 Å². The molecule has 7 heteroatoms. The van der Waals surface area contributed by atoms with Crippen molar-refractivity contribution in [1.82, 2.24) is 4.57 Å². The summed E-state index contributed by atoms with van der Waals surface area (Å²) in [4.78, 5) is 23.4. The molecule has 0 aliphatic carbocycles. The lowest BCUT2D eigenvalue weighted by atomic mass is 9.78. The summed E-state index contributed by atoms with van der Waals surface area (Å²) in [5.74, 6) is -0.0977. The molecular formula is C18H19NO6. The van der Waals surface area contributed by atoms with Crippen molar-refractivity contribution in [3.05, 3.63) is 58.0 Å². The maximum absolute atomic E-state index is 12.6. The first-order valence-corrected chi connectivity index (χ1v) is 7.78. The van der Waals surface area contributed by atoms with Crippen molar-refractivity contribution in [3.8, 4) is 11.5 Å². The van der Waals surface area contributed by atoms with E-state index in [0.29, 0.717) is 16.9 Å². The van der Waals surface area contributed by atoms with E-state index in [0.717, 1.165) is 0 Å². The first-order valence-electron chi connectivity index (χ1n) is 7.78. The molecule has 0 saturated heterocycles. The lowest BCUT2D eigenvalue weighted by Gasteiger charge is -2.42. The summed E-state index contributed by atoms with van der Waals surface area (Å²) in [6.45, 7) is 3.48. The number of aliphatic hydroxyl groups excluding tert-OH is 1. The van der Waals surface area contributed by atoms with Gasteiger partial charge < -0.3 is 24.3 Å². The van der Waals surface area contributed by atoms with Gasteiger partial charge in [-0.05, 0) is 38.1 Å². The van der Waals surface area contributed by atoms with Crippen LogP contribution in [0.15, 0.2) is 41.3 Å². The van der Waals surface area contributed by atoms with Crippen molar-refractivity contribution in [1.29, 1.82) is 0 Å². The van der Waals surface area contributed by atoms with Crippen LogP contribution in [-0.2, 0) is 7.05 Å². The molecule has 7 nitrogen and oxygen atoms in total. The molecule has 2 heterocycles. The van der Waals surface area contributed by atoms with Gasteiger partial charge in [-0.1, -0.05) is 6.07 Å². The van der Waals surface area contributed by atoms with Crippen molar-refractivity contribution in [2.75, 3.05) is 0 Å². The molecule has 3 rings (SSSR count). The lowest BCUT2D eigenvalue weighted by molar-refractivity contribution is -0.0514. The summed E-state index contributed by atoms with van der Waals surface area (Å²) >= 11 is 0. The van der Waals surface area contributed by atoms with Gasteiger partial charge in [-0.25, -0.2) is 4.79 Å². The van der Waals surface area contributed by atoms with Gasteiger partial charge in [0.25, 0.3) is 5.56 Å². The molecular weight excluding hydrogens is 326 g/mol. The first-order chi connectivity index (χ1) is 11.7. The first kappa shape index (κ1) is 17.0. The number of nitrogens with zero attached hydrogens (tertiary/aromatic N) is 1. The Morgan fingerprint density at radius 1 is 1.28 bits per heavy atom. The second kappa shape index (κ2) is 5.93. The number of aryl methyl sites for hydroxylation is 1. The molecule has 2 unspecified atom stereocenters. The Hall–Kier alpha value is -2.80. The van der Waals surface area contributed by atoms with Crippen LogP contribution in [0.5, 0.6) is 11.5 Å². The summed E-state index contributed by atoms with van der Waals surface area (Å²) < 4.78 is 12.0. The summed E-state index contributed by atoms with van der Waals surface area (Å²) in [6, 6.07) is 7.93. The fraction of sp³-hybridized carbons (Fsp3) is 0.333. The predicted octanol–water partition coefficient (Wildman–Crippen LogP) is 2.11. The molecule has 1 aliphatic rings. The van der Waals surface area contributed by atoms with Gasteiger partial charge in [-0.2, -0.15) is 0 Å². The van der Waals surface area contributed by atoms with Gasteiger partial charge in [-0.15, -0.1) is 0 Å². The molecule has 0 amide bonds. The highest BCUT2D eigenvalue weighted by Gasteiger charge is 2.44. The third kappa shape index (κ3) is 2.98. The Morgan fingerprint density at radius 2 is 2.00 bits per heavy atom. The minimum Gasteiger partial charge on any atom is -0.485 e. The van der Waals surface area contributed by atoms with E-state index in [-0.39, 0.29) is 11.3 Å². The highest BCUT2D eigenvalue weighted by Crippen LogP contribution is 2.44. The number of carbonyl (C=O) groups is 1. The van der Waals surface area contributed by atoms with Crippen molar-refractivity contribution in [3.63, 3.8) is 0 Å². The molecule has 1 aromatic heterocycles. The van der Waals surface area contributed by atoms with E-state index in [1.807, 2.05) is 0 Å². The number of fused-ring (bicyclic) bond motifs is 1. The Balaban J connectivity index is 2.21. The number of hydrogen-bond donors (Lipinski definition) is 2. The average molecular weight is 345 g/mol. The van der Waals surface area contributed by atoms with E-state index in [1.165, 1.54) is 16.7 Å². The molecule has 2 N–H and O–H groups in total. The fourth-order valence-electron chi connectivity index (χ4n) is 3.13. The Labute approximate surface area is 144 Å². The van der Waals surface area contributed by atoms with Gasteiger partial charge in [0, 0.05) is 30.3 Å². The summed E-state index contributed by atoms with van der Waals surface area (Å²) in [6.07, 6.45) is -0.812. The molecule has 132 valence electrons. The molecule has 1 aliphatic heterocycles. The molecule has 0 fully saturated rings. The Morgan fingerprint density at radius 3 is 2.68 bits per heavy atom. The molecule has 1 aromatic carbocycles. The normalized spacial score (nSPS) is 21.1. The summed E-state index contributed by atoms with van der Waals surface area (Å²) in [7, 11) is 1.63. The molecule has 0 bridgehead atoms. The Kier molecular flexibility index (Phi) is 4.04. The summed E-state index contributed by atoms with van der Waals surface area (Å²) in [5.41, 5.74) is -0.246. The van der Waals surface area contributed by atoms with Crippen molar-refractivity contribution < 1.29 is 24.5 Å². The smallest absolute Gasteiger partial charge is 0.485 e. The number of aliphatic hydroxyl groups is 1. The highest BCUT2D eigenvalue weighted by molar-refractivity contribution is 5.62. The largest absolute Gasteiger partial charge is 0.511 e. The quantitative estimate of drug-likeness (QED) is 0.639. The van der Waals surface area contributed by atoms with E-state index >= 15 is 0 Å². The SMILES string of the molecule is Cn1cccc(C2c3cc(OC(=O)O)ccc3OC(C)(C)C2O)c1=O. The minimum absolute atomic E-state index is 0.0968. The number of carboxylic acid groups (broad SMARTS) is 1. The highest BCUT2D eigenvalue weighted by atomic mass is 16.7. The maximum Gasteiger partial charge on any atom is 0.511 e. The van der Waals surface area contributed by atoms with E-state index in [9.17, 15) is 14.7 Å². The van der Waals surface area contributed by atoms with E-state index in [2.05, 4.69) is 0 Å². The van der Waals surface area contributed by atoms with E-state index in [4.69, 9.17) is 14.6 Å². The zero-order valence-corrected chi connectivity index (χ0v) is 14.1. The Bertz CT molecular complexity index is 885. The molecule has 2 atom stereocenters. The van der Waals surface area contributed by atoms with E-state index < -0.39 is 23.8 Å². The van der Waals surface area contributed by atoms with Crippen molar-refractivity contribution in [2.45, 2.75) is 31.5 Å². The van der Waals surface area contributed by atoms with Gasteiger partial charge >= 0.3 is 6.16 Å². The second-order valence-electron chi connectivity index (χ2n) is 6.58. The van der Waals surface area contributed by atoms with Gasteiger partial charge in [-0.3, -0.25) is 4.79 Å². The van der Waals surface area contributed by atoms with Crippen molar-refractivity contribution >= 4 is 6.16 Å². The van der Waals surface area contributed by atoms with Crippen LogP contribution < -0.4 is 15.0 Å². The fourth-order valence-corrected chi connectivity index (χ4v) is 3.13. The zero-order chi connectivity index (χ0) is 18.4. The summed E-state index contributed by atoms with van der Waals surface area (Å²) in [5, 5.41) is 19.7. The van der Waals surface area contributed by atoms with Gasteiger partial charge in [0.05, 0.1) is 0 Å². The third-order valence-corrected chi connectivity index (χ3v) is 4.41. The molecule has 0 saturated carbocycles. The number of aromatic nitrogens is 1. The average Bonchev–Trinajstić information content (AvgIpc) is 2.52. The van der Waals surface area contributed by atoms with Gasteiger partial charge in [0.15, 0.2) is 0 Å². The zero-order valence-electron chi connectivity index (χ0n) is 14.1. The van der Waals surface area contributed by atoms with Crippen LogP contribution in [-0.4, -0.2) is 32.6 Å². The predicted molar refractivity (Wildman–Crippen MR) is 89.3 cm³/mol. The number of pyridine rings is 1. The minimum atomic E-state index is -1.44. The maximum atomic E-state index is 12.6. The van der Waals surface area contributed by atoms with Gasteiger partial charge in [0.1, 0.15) is 23.2 Å². The van der Waals surface area contributed by atoms with Crippen LogP contribution >= 0.6 is 0 Å². The number of benzene rings is 1. The molecule has 25 heavy (non-hydrogen) atoms. The van der Waals surface area contributed by atoms with Crippen LogP contribution in [0.25, 0.3) is 0 Å². The van der Waals surface area contributed by atoms with Crippen molar-refractivity contribution in [2.24, 2.45) is 7.05 Å². The number of hydrogen-bond acceptors (Lipinski definition) is 5. The van der Waals surface area contributed by atoms with E-state index in [1.54, 1.807) is 45.3 Å². The molecule has 2 aromatic rings.